The Hall–Kier alpha value is -1.55. The zero-order chi connectivity index (χ0) is 18.3. The molecule has 1 rings (SSSR count). The average molecular weight is 356 g/mol. The third-order valence-electron chi connectivity index (χ3n) is 3.35. The van der Waals surface area contributed by atoms with Crippen molar-refractivity contribution in [2.75, 3.05) is 18.5 Å². The number of nitrogens with two attached hydrogens (primary N) is 1. The summed E-state index contributed by atoms with van der Waals surface area (Å²) in [5.41, 5.74) is -0.0422. The first-order chi connectivity index (χ1) is 11.2. The maximum atomic E-state index is 12.5. The first-order valence-corrected chi connectivity index (χ1v) is 11.6. The second kappa shape index (κ2) is 9.07. The van der Waals surface area contributed by atoms with Crippen LogP contribution < -0.4 is 16.8 Å². The van der Waals surface area contributed by atoms with E-state index in [4.69, 9.17) is 10.6 Å². The second-order valence-corrected chi connectivity index (χ2v) is 12.6. The normalized spacial score (nSPS) is 12.9. The van der Waals surface area contributed by atoms with E-state index in [1.807, 2.05) is 6.92 Å². The molecule has 0 aliphatic rings. The molecule has 136 valence electrons. The van der Waals surface area contributed by atoms with Gasteiger partial charge < -0.3 is 14.9 Å². The number of nitrogens with zero attached hydrogens (tertiary/aromatic N) is 2. The zero-order valence-corrected chi connectivity index (χ0v) is 16.1. The van der Waals surface area contributed by atoms with Crippen molar-refractivity contribution < 1.29 is 14.4 Å². The molecule has 0 aromatic carbocycles. The fraction of sp³-hybridized carbons (Fsp3) is 0.667. The molecule has 1 aromatic rings. The largest absolute Gasteiger partial charge is 0.378 e. The van der Waals surface area contributed by atoms with Crippen molar-refractivity contribution in [1.82, 2.24) is 9.78 Å². The van der Waals surface area contributed by atoms with Gasteiger partial charge in [-0.1, -0.05) is 19.6 Å². The number of ketones is 1. The van der Waals surface area contributed by atoms with Crippen molar-refractivity contribution in [1.29, 1.82) is 0 Å². The molecular formula is C15H28N4O4Si. The Balaban J connectivity index is 2.88. The van der Waals surface area contributed by atoms with Crippen LogP contribution in [0.1, 0.15) is 24.2 Å². The Morgan fingerprint density at radius 1 is 1.46 bits per heavy atom. The van der Waals surface area contributed by atoms with E-state index < -0.39 is 13.6 Å². The molecule has 0 unspecified atom stereocenters. The van der Waals surface area contributed by atoms with E-state index >= 15 is 0 Å². The average Bonchev–Trinajstić information content (AvgIpc) is 2.44. The van der Waals surface area contributed by atoms with Crippen molar-refractivity contribution in [2.24, 2.45) is 5.90 Å². The lowest BCUT2D eigenvalue weighted by molar-refractivity contribution is 0.0744. The van der Waals surface area contributed by atoms with Crippen LogP contribution in [0.25, 0.3) is 0 Å². The van der Waals surface area contributed by atoms with Crippen LogP contribution >= 0.6 is 0 Å². The molecule has 0 amide bonds. The molecular weight excluding hydrogens is 328 g/mol. The number of ether oxygens (including phenoxy) is 1. The summed E-state index contributed by atoms with van der Waals surface area (Å²) >= 11 is 0. The molecule has 0 aliphatic carbocycles. The van der Waals surface area contributed by atoms with Crippen molar-refractivity contribution in [3.05, 3.63) is 22.1 Å². The predicted molar refractivity (Wildman–Crippen MR) is 95.8 cm³/mol. The van der Waals surface area contributed by atoms with E-state index in [9.17, 15) is 9.59 Å². The van der Waals surface area contributed by atoms with Gasteiger partial charge in [-0.2, -0.15) is 5.10 Å². The number of carbonyl (C=O) groups excluding carboxylic acids is 1. The van der Waals surface area contributed by atoms with Gasteiger partial charge in [-0.25, -0.2) is 10.6 Å². The van der Waals surface area contributed by atoms with Crippen LogP contribution in [-0.2, 0) is 16.3 Å². The summed E-state index contributed by atoms with van der Waals surface area (Å²) in [6.45, 7) is 10.8. The number of nitrogens with one attached hydrogen (secondary N) is 1. The number of Topliss-reactive ketones (excluding diaryl/α,β-unsaturated/α-hetero) is 1. The fourth-order valence-electron chi connectivity index (χ4n) is 2.01. The van der Waals surface area contributed by atoms with Crippen LogP contribution in [-0.4, -0.2) is 42.9 Å². The highest BCUT2D eigenvalue weighted by Crippen LogP contribution is 2.12. The Kier molecular flexibility index (Phi) is 7.74. The molecule has 1 atom stereocenters. The summed E-state index contributed by atoms with van der Waals surface area (Å²) in [6.07, 6.45) is 1.45. The summed E-state index contributed by atoms with van der Waals surface area (Å²) in [5.74, 6) is 4.70. The first kappa shape index (κ1) is 20.5. The van der Waals surface area contributed by atoms with Crippen LogP contribution in [0.3, 0.4) is 0 Å². The summed E-state index contributed by atoms with van der Waals surface area (Å²) in [5, 5.41) is 7.08. The molecule has 0 saturated heterocycles. The highest BCUT2D eigenvalue weighted by atomic mass is 28.3. The number of hydrogen-bond donors (Lipinski definition) is 2. The SMILES string of the molecule is CC(=O)c1c(N[C@@H](C)CON)cnn(COCC[Si](C)(C)C)c1=O. The molecule has 24 heavy (non-hydrogen) atoms. The van der Waals surface area contributed by atoms with Crippen LogP contribution in [0.15, 0.2) is 11.0 Å². The molecule has 0 saturated carbocycles. The van der Waals surface area contributed by atoms with Crippen molar-refractivity contribution in [2.45, 2.75) is 52.3 Å². The smallest absolute Gasteiger partial charge is 0.281 e. The first-order valence-electron chi connectivity index (χ1n) is 7.92. The van der Waals surface area contributed by atoms with Gasteiger partial charge in [0.05, 0.1) is 18.5 Å². The quantitative estimate of drug-likeness (QED) is 0.283. The maximum absolute atomic E-state index is 12.5. The van der Waals surface area contributed by atoms with Crippen LogP contribution in [0.4, 0.5) is 5.69 Å². The van der Waals surface area contributed by atoms with Gasteiger partial charge in [0.15, 0.2) is 5.78 Å². The number of carbonyl (C=O) groups is 1. The maximum Gasteiger partial charge on any atom is 0.281 e. The molecule has 0 radical (unpaired) electrons. The van der Waals surface area contributed by atoms with Crippen LogP contribution in [0.2, 0.25) is 25.7 Å². The van der Waals surface area contributed by atoms with Crippen molar-refractivity contribution in [3.63, 3.8) is 0 Å². The van der Waals surface area contributed by atoms with E-state index in [0.29, 0.717) is 12.3 Å². The van der Waals surface area contributed by atoms with Gasteiger partial charge in [-0.3, -0.25) is 9.59 Å². The second-order valence-electron chi connectivity index (χ2n) is 7.02. The van der Waals surface area contributed by atoms with Gasteiger partial charge in [0, 0.05) is 20.7 Å². The number of rotatable bonds is 10. The summed E-state index contributed by atoms with van der Waals surface area (Å²) < 4.78 is 6.70. The molecule has 9 heteroatoms. The predicted octanol–water partition coefficient (Wildman–Crippen LogP) is 1.45. The van der Waals surface area contributed by atoms with Gasteiger partial charge in [-0.15, -0.1) is 0 Å². The molecule has 3 N–H and O–H groups in total. The van der Waals surface area contributed by atoms with Gasteiger partial charge in [0.1, 0.15) is 12.3 Å². The van der Waals surface area contributed by atoms with Gasteiger partial charge in [0.2, 0.25) is 0 Å². The zero-order valence-electron chi connectivity index (χ0n) is 15.1. The lowest BCUT2D eigenvalue weighted by Gasteiger charge is -2.17. The lowest BCUT2D eigenvalue weighted by atomic mass is 10.1. The lowest BCUT2D eigenvalue weighted by Crippen LogP contribution is -2.32. The number of anilines is 1. The minimum Gasteiger partial charge on any atom is -0.378 e. The number of aromatic nitrogens is 2. The summed E-state index contributed by atoms with van der Waals surface area (Å²) in [4.78, 5) is 28.9. The van der Waals surface area contributed by atoms with E-state index in [2.05, 4.69) is 34.9 Å². The monoisotopic (exact) mass is 356 g/mol. The van der Waals surface area contributed by atoms with Gasteiger partial charge >= 0.3 is 0 Å². The van der Waals surface area contributed by atoms with Crippen LogP contribution in [0.5, 0.6) is 0 Å². The van der Waals surface area contributed by atoms with E-state index in [-0.39, 0.29) is 30.7 Å². The third-order valence-corrected chi connectivity index (χ3v) is 5.06. The Bertz CT molecular complexity index is 612. The Morgan fingerprint density at radius 3 is 2.67 bits per heavy atom. The standard InChI is InChI=1S/C15H28N4O4Si/c1-11(9-23-16)18-13-8-17-19(15(21)14(13)12(2)20)10-22-6-7-24(3,4)5/h8,11,18H,6-7,9-10,16H2,1-5H3/t11-/m0/s1. The Morgan fingerprint density at radius 2 is 2.12 bits per heavy atom. The molecule has 0 aliphatic heterocycles. The minimum atomic E-state index is -1.19. The molecule has 0 bridgehead atoms. The molecule has 1 aromatic heterocycles. The summed E-state index contributed by atoms with van der Waals surface area (Å²) in [7, 11) is -1.19. The van der Waals surface area contributed by atoms with Crippen molar-refractivity contribution in [3.8, 4) is 0 Å². The van der Waals surface area contributed by atoms with E-state index in [1.54, 1.807) is 0 Å². The Labute approximate surface area is 143 Å². The topological polar surface area (TPSA) is 108 Å². The van der Waals surface area contributed by atoms with Gasteiger partial charge in [0.25, 0.3) is 5.56 Å². The van der Waals surface area contributed by atoms with Gasteiger partial charge in [-0.05, 0) is 19.9 Å². The van der Waals surface area contributed by atoms with E-state index in [1.165, 1.54) is 13.1 Å². The molecule has 8 nitrogen and oxygen atoms in total. The van der Waals surface area contributed by atoms with E-state index in [0.717, 1.165) is 10.7 Å². The summed E-state index contributed by atoms with van der Waals surface area (Å²) in [6, 6.07) is 0.829. The molecule has 0 fully saturated rings. The molecule has 1 heterocycles. The highest BCUT2D eigenvalue weighted by Gasteiger charge is 2.17. The highest BCUT2D eigenvalue weighted by molar-refractivity contribution is 6.76. The number of hydrogen-bond acceptors (Lipinski definition) is 7. The van der Waals surface area contributed by atoms with Crippen LogP contribution in [0, 0.1) is 0 Å². The third kappa shape index (κ3) is 6.52. The van der Waals surface area contributed by atoms with Crippen molar-refractivity contribution >= 4 is 19.5 Å². The minimum absolute atomic E-state index is 0.0331. The molecule has 0 spiro atoms. The fourth-order valence-corrected chi connectivity index (χ4v) is 2.77.